The zero-order valence-electron chi connectivity index (χ0n) is 26.7. The lowest BCUT2D eigenvalue weighted by Gasteiger charge is -2.44. The van der Waals surface area contributed by atoms with Gasteiger partial charge in [-0.2, -0.15) is 4.98 Å². The van der Waals surface area contributed by atoms with Gasteiger partial charge in [0.05, 0.1) is 34.9 Å². The predicted molar refractivity (Wildman–Crippen MR) is 178 cm³/mol. The number of pyridine rings is 1. The van der Waals surface area contributed by atoms with Gasteiger partial charge in [0.2, 0.25) is 5.91 Å². The van der Waals surface area contributed by atoms with Gasteiger partial charge in [0, 0.05) is 37.3 Å². The molecule has 2 unspecified atom stereocenters. The van der Waals surface area contributed by atoms with Gasteiger partial charge < -0.3 is 9.80 Å². The Bertz CT molecular complexity index is 1940. The molecule has 246 valence electrons. The summed E-state index contributed by atoms with van der Waals surface area (Å²) in [5.41, 5.74) is 1.85. The highest BCUT2D eigenvalue weighted by Gasteiger charge is 2.44. The summed E-state index contributed by atoms with van der Waals surface area (Å²) < 4.78 is 44.3. The average Bonchev–Trinajstić information content (AvgIpc) is 3.01. The van der Waals surface area contributed by atoms with Crippen molar-refractivity contribution < 1.29 is 18.0 Å². The molecule has 12 heteroatoms. The Morgan fingerprint density at radius 2 is 1.81 bits per heavy atom. The largest absolute Gasteiger partial charge is 0.355 e. The Balaban J connectivity index is 1.62. The Kier molecular flexibility index (Phi) is 8.65. The summed E-state index contributed by atoms with van der Waals surface area (Å²) in [6.07, 6.45) is 1.28. The highest BCUT2D eigenvalue weighted by molar-refractivity contribution is 6.33. The lowest BCUT2D eigenvalue weighted by molar-refractivity contribution is -0.133. The standard InChI is InChI=1S/C35H36ClF3N6O2/c1-6-29(46)43-15-22(5)44(16-21(43)4)32-26-14-27(36)30(25-11-7-8-13-28(25)37)40-33(26)45(34(47)41-32)31-23(10-9-12-24(31)20(2)3)17-42-18-35(38,39)19-42/h6-14,20-22H,1,15-19H2,2-5H3. The van der Waals surface area contributed by atoms with E-state index in [4.69, 9.17) is 16.6 Å². The van der Waals surface area contributed by atoms with Crippen LogP contribution in [0.15, 0.2) is 66.0 Å². The van der Waals surface area contributed by atoms with Crippen molar-refractivity contribution in [2.75, 3.05) is 31.1 Å². The number of para-hydroxylation sites is 1. The molecule has 0 N–H and O–H groups in total. The molecule has 0 spiro atoms. The maximum absolute atomic E-state index is 15.1. The number of piperazine rings is 1. The van der Waals surface area contributed by atoms with Crippen LogP contribution < -0.4 is 10.6 Å². The monoisotopic (exact) mass is 664 g/mol. The minimum absolute atomic E-state index is 0.0564. The first-order valence-corrected chi connectivity index (χ1v) is 16.0. The first kappa shape index (κ1) is 32.7. The number of amides is 1. The maximum atomic E-state index is 15.1. The SMILES string of the molecule is C=CC(=O)N1CC(C)N(c2nc(=O)n(-c3c(CN4CC(F)(F)C4)cccc3C(C)C)c3nc(-c4ccccc4F)c(Cl)cc23)CC1C. The Morgan fingerprint density at radius 1 is 1.09 bits per heavy atom. The van der Waals surface area contributed by atoms with Crippen molar-refractivity contribution >= 4 is 34.4 Å². The molecule has 2 atom stereocenters. The number of halogens is 4. The third-order valence-electron chi connectivity index (χ3n) is 8.95. The summed E-state index contributed by atoms with van der Waals surface area (Å²) in [5, 5.41) is 0.620. The van der Waals surface area contributed by atoms with Gasteiger partial charge in [-0.05, 0) is 55.2 Å². The van der Waals surface area contributed by atoms with E-state index in [1.165, 1.54) is 16.7 Å². The van der Waals surface area contributed by atoms with Crippen molar-refractivity contribution in [1.29, 1.82) is 0 Å². The first-order valence-electron chi connectivity index (χ1n) is 15.6. The number of nitrogens with zero attached hydrogens (tertiary/aromatic N) is 6. The van der Waals surface area contributed by atoms with E-state index in [0.29, 0.717) is 35.5 Å². The van der Waals surface area contributed by atoms with Crippen LogP contribution in [0.4, 0.5) is 19.0 Å². The second kappa shape index (κ2) is 12.4. The summed E-state index contributed by atoms with van der Waals surface area (Å²) >= 11 is 6.84. The average molecular weight is 665 g/mol. The van der Waals surface area contributed by atoms with Gasteiger partial charge in [-0.15, -0.1) is 0 Å². The summed E-state index contributed by atoms with van der Waals surface area (Å²) in [5.74, 6) is -3.19. The van der Waals surface area contributed by atoms with Gasteiger partial charge in [-0.1, -0.05) is 62.4 Å². The van der Waals surface area contributed by atoms with Crippen LogP contribution in [0.5, 0.6) is 0 Å². The van der Waals surface area contributed by atoms with Crippen molar-refractivity contribution in [3.05, 3.63) is 93.6 Å². The fourth-order valence-electron chi connectivity index (χ4n) is 6.65. The molecule has 2 saturated heterocycles. The van der Waals surface area contributed by atoms with E-state index < -0.39 is 17.4 Å². The van der Waals surface area contributed by atoms with E-state index in [0.717, 1.165) is 5.56 Å². The van der Waals surface area contributed by atoms with E-state index >= 15 is 4.39 Å². The predicted octanol–water partition coefficient (Wildman–Crippen LogP) is 6.43. The van der Waals surface area contributed by atoms with Gasteiger partial charge in [-0.25, -0.2) is 27.5 Å². The number of fused-ring (bicyclic) bond motifs is 1. The molecule has 0 saturated carbocycles. The number of hydrogen-bond acceptors (Lipinski definition) is 6. The highest BCUT2D eigenvalue weighted by Crippen LogP contribution is 2.38. The zero-order chi connectivity index (χ0) is 33.8. The molecular formula is C35H36ClF3N6O2. The molecule has 0 aliphatic carbocycles. The van der Waals surface area contributed by atoms with Crippen LogP contribution in [0, 0.1) is 5.82 Å². The number of rotatable bonds is 7. The molecule has 6 rings (SSSR count). The lowest BCUT2D eigenvalue weighted by Crippen LogP contribution is -2.58. The number of benzene rings is 2. The number of aromatic nitrogens is 3. The van der Waals surface area contributed by atoms with Gasteiger partial charge in [0.25, 0.3) is 5.92 Å². The third kappa shape index (κ3) is 6.02. The Hall–Kier alpha value is -4.22. The molecular weight excluding hydrogens is 629 g/mol. The summed E-state index contributed by atoms with van der Waals surface area (Å²) in [6.45, 7) is 11.6. The topological polar surface area (TPSA) is 74.6 Å². The minimum atomic E-state index is -2.76. The number of alkyl halides is 2. The number of likely N-dealkylation sites (tertiary alicyclic amines) is 1. The van der Waals surface area contributed by atoms with Crippen LogP contribution in [0.1, 0.15) is 44.7 Å². The van der Waals surface area contributed by atoms with Crippen LogP contribution in [0.3, 0.4) is 0 Å². The molecule has 47 heavy (non-hydrogen) atoms. The normalized spacial score (nSPS) is 19.7. The second-order valence-corrected chi connectivity index (χ2v) is 13.2. The van der Waals surface area contributed by atoms with Crippen molar-refractivity contribution in [2.24, 2.45) is 0 Å². The third-order valence-corrected chi connectivity index (χ3v) is 9.23. The van der Waals surface area contributed by atoms with Crippen LogP contribution in [0.2, 0.25) is 5.02 Å². The molecule has 0 radical (unpaired) electrons. The van der Waals surface area contributed by atoms with Crippen LogP contribution in [-0.2, 0) is 11.3 Å². The molecule has 2 aromatic carbocycles. The number of hydrogen-bond donors (Lipinski definition) is 0. The molecule has 2 fully saturated rings. The van der Waals surface area contributed by atoms with Gasteiger partial charge in [0.1, 0.15) is 11.6 Å². The smallest absolute Gasteiger partial charge is 0.349 e. The van der Waals surface area contributed by atoms with Crippen LogP contribution >= 0.6 is 11.6 Å². The Labute approximate surface area is 276 Å². The Morgan fingerprint density at radius 3 is 2.47 bits per heavy atom. The molecule has 4 aromatic rings. The number of anilines is 1. The van der Waals surface area contributed by atoms with Crippen molar-refractivity contribution in [1.82, 2.24) is 24.3 Å². The molecule has 2 aliphatic heterocycles. The zero-order valence-corrected chi connectivity index (χ0v) is 27.4. The molecule has 2 aliphatic rings. The second-order valence-electron chi connectivity index (χ2n) is 12.8. The van der Waals surface area contributed by atoms with Gasteiger partial charge in [-0.3, -0.25) is 9.69 Å². The van der Waals surface area contributed by atoms with E-state index in [9.17, 15) is 18.4 Å². The van der Waals surface area contributed by atoms with Gasteiger partial charge >= 0.3 is 5.69 Å². The van der Waals surface area contributed by atoms with Crippen LogP contribution in [-0.4, -0.2) is 74.4 Å². The van der Waals surface area contributed by atoms with E-state index in [-0.39, 0.29) is 65.5 Å². The highest BCUT2D eigenvalue weighted by atomic mass is 35.5. The number of carbonyl (C=O) groups is 1. The fourth-order valence-corrected chi connectivity index (χ4v) is 6.91. The molecule has 8 nitrogen and oxygen atoms in total. The summed E-state index contributed by atoms with van der Waals surface area (Å²) in [6, 6.07) is 12.9. The van der Waals surface area contributed by atoms with Crippen molar-refractivity contribution in [2.45, 2.75) is 58.2 Å². The minimum Gasteiger partial charge on any atom is -0.349 e. The molecule has 4 heterocycles. The fraction of sp³-hybridized carbons (Fsp3) is 0.371. The van der Waals surface area contributed by atoms with E-state index in [2.05, 4.69) is 11.6 Å². The maximum Gasteiger partial charge on any atom is 0.355 e. The van der Waals surface area contributed by atoms with Crippen LogP contribution in [0.25, 0.3) is 28.0 Å². The van der Waals surface area contributed by atoms with E-state index in [1.807, 2.05) is 50.8 Å². The lowest BCUT2D eigenvalue weighted by atomic mass is 9.96. The van der Waals surface area contributed by atoms with Gasteiger partial charge in [0.15, 0.2) is 5.65 Å². The molecule has 1 amide bonds. The quantitative estimate of drug-likeness (QED) is 0.212. The van der Waals surface area contributed by atoms with E-state index in [1.54, 1.807) is 34.1 Å². The first-order chi connectivity index (χ1) is 22.3. The number of carbonyl (C=O) groups excluding carboxylic acids is 1. The van der Waals surface area contributed by atoms with Crippen molar-refractivity contribution in [3.8, 4) is 16.9 Å². The molecule has 0 bridgehead atoms. The van der Waals surface area contributed by atoms with Crippen molar-refractivity contribution in [3.63, 3.8) is 0 Å². The summed E-state index contributed by atoms with van der Waals surface area (Å²) in [4.78, 5) is 41.7. The molecule has 2 aromatic heterocycles. The summed E-state index contributed by atoms with van der Waals surface area (Å²) in [7, 11) is 0.